The lowest BCUT2D eigenvalue weighted by molar-refractivity contribution is -0.123. The van der Waals surface area contributed by atoms with Crippen molar-refractivity contribution >= 4 is 30.7 Å². The van der Waals surface area contributed by atoms with E-state index in [2.05, 4.69) is 55.9 Å². The Morgan fingerprint density at radius 2 is 1.54 bits per heavy atom. The van der Waals surface area contributed by atoms with Crippen LogP contribution in [0, 0.1) is 11.3 Å². The van der Waals surface area contributed by atoms with Crippen LogP contribution in [0.25, 0.3) is 0 Å². The first-order valence-electron chi connectivity index (χ1n) is 16.8. The second-order valence-corrected chi connectivity index (χ2v) is 14.2. The highest BCUT2D eigenvalue weighted by atomic mass is 16.7. The van der Waals surface area contributed by atoms with Crippen LogP contribution in [0.5, 0.6) is 11.5 Å². The fourth-order valence-corrected chi connectivity index (χ4v) is 6.61. The molecule has 10 nitrogen and oxygen atoms in total. The Balaban J connectivity index is 1.29. The summed E-state index contributed by atoms with van der Waals surface area (Å²) in [6.45, 7) is 10.6. The maximum absolute atomic E-state index is 14.0. The Bertz CT molecular complexity index is 1540. The smallest absolute Gasteiger partial charge is 0.457 e. The van der Waals surface area contributed by atoms with E-state index in [-0.39, 0.29) is 24.0 Å². The molecular formula is C37H47BN4O6. The minimum atomic E-state index is -1.09. The Morgan fingerprint density at radius 1 is 0.896 bits per heavy atom. The van der Waals surface area contributed by atoms with E-state index in [1.165, 1.54) is 0 Å². The van der Waals surface area contributed by atoms with Crippen LogP contribution in [0.4, 0.5) is 10.5 Å². The third kappa shape index (κ3) is 9.38. The fourth-order valence-electron chi connectivity index (χ4n) is 6.61. The molecule has 0 unspecified atom stereocenters. The third-order valence-corrected chi connectivity index (χ3v) is 8.87. The molecule has 4 N–H and O–H groups in total. The lowest BCUT2D eigenvalue weighted by Crippen LogP contribution is -2.58. The van der Waals surface area contributed by atoms with Crippen LogP contribution in [-0.2, 0) is 14.1 Å². The van der Waals surface area contributed by atoms with Crippen LogP contribution >= 0.6 is 0 Å². The van der Waals surface area contributed by atoms with E-state index in [9.17, 15) is 14.4 Å². The van der Waals surface area contributed by atoms with Gasteiger partial charge in [0, 0.05) is 17.8 Å². The van der Waals surface area contributed by atoms with Crippen molar-refractivity contribution < 1.29 is 28.4 Å². The van der Waals surface area contributed by atoms with Gasteiger partial charge in [-0.15, -0.1) is 0 Å². The quantitative estimate of drug-likeness (QED) is 0.169. The number of anilines is 1. The zero-order valence-electron chi connectivity index (χ0n) is 28.5. The summed E-state index contributed by atoms with van der Waals surface area (Å²) < 4.78 is 18.9. The molecule has 0 aromatic heterocycles. The van der Waals surface area contributed by atoms with Crippen molar-refractivity contribution in [3.63, 3.8) is 0 Å². The van der Waals surface area contributed by atoms with Crippen LogP contribution < -0.4 is 26.0 Å². The Kier molecular flexibility index (Phi) is 11.1. The number of amides is 4. The maximum atomic E-state index is 14.0. The van der Waals surface area contributed by atoms with Gasteiger partial charge in [-0.3, -0.25) is 9.59 Å². The first kappa shape index (κ1) is 35.0. The van der Waals surface area contributed by atoms with Gasteiger partial charge >= 0.3 is 13.1 Å². The fraction of sp³-hybridized carbons (Fsp3) is 0.432. The number of para-hydroxylation sites is 2. The van der Waals surface area contributed by atoms with Crippen molar-refractivity contribution in [1.82, 2.24) is 16.0 Å². The summed E-state index contributed by atoms with van der Waals surface area (Å²) in [7, 11) is -0.636. The zero-order chi connectivity index (χ0) is 34.3. The number of ether oxygens (including phenoxy) is 1. The van der Waals surface area contributed by atoms with Gasteiger partial charge in [0.1, 0.15) is 17.5 Å². The normalized spacial score (nSPS) is 21.0. The minimum absolute atomic E-state index is 0.0604. The van der Waals surface area contributed by atoms with Gasteiger partial charge in [0.15, 0.2) is 0 Å². The van der Waals surface area contributed by atoms with Crippen molar-refractivity contribution in [3.8, 4) is 11.5 Å². The van der Waals surface area contributed by atoms with Crippen LogP contribution in [0.1, 0.15) is 70.7 Å². The largest absolute Gasteiger partial charge is 0.481 e. The van der Waals surface area contributed by atoms with Crippen LogP contribution in [-0.4, -0.2) is 55.2 Å². The monoisotopic (exact) mass is 654 g/mol. The van der Waals surface area contributed by atoms with Crippen molar-refractivity contribution in [2.75, 3.05) is 11.9 Å². The van der Waals surface area contributed by atoms with Gasteiger partial charge in [-0.05, 0) is 92.5 Å². The highest BCUT2D eigenvalue weighted by molar-refractivity contribution is 6.47. The van der Waals surface area contributed by atoms with Gasteiger partial charge in [0.2, 0.25) is 5.91 Å². The number of urea groups is 1. The summed E-state index contributed by atoms with van der Waals surface area (Å²) in [6, 6.07) is 23.4. The van der Waals surface area contributed by atoms with Crippen LogP contribution in [0.15, 0.2) is 84.9 Å². The predicted octanol–water partition coefficient (Wildman–Crippen LogP) is 6.34. The van der Waals surface area contributed by atoms with Gasteiger partial charge in [-0.25, -0.2) is 4.79 Å². The molecule has 2 fully saturated rings. The van der Waals surface area contributed by atoms with Crippen molar-refractivity contribution in [3.05, 3.63) is 90.5 Å². The summed E-state index contributed by atoms with van der Waals surface area (Å²) in [4.78, 5) is 40.2. The SMILES string of the molecule is CC(C)C[C@H](NC(=O)[C@H](CNC(=O)Nc1ccccc1)NC(=O)c1ccc(Oc2ccccc2)cc1)B1O[C@@H]2CCC(C)(C)C[C@]2(C)O1. The van der Waals surface area contributed by atoms with Crippen LogP contribution in [0.2, 0.25) is 0 Å². The molecule has 1 aliphatic heterocycles. The number of benzene rings is 3. The predicted molar refractivity (Wildman–Crippen MR) is 187 cm³/mol. The van der Waals surface area contributed by atoms with E-state index in [1.54, 1.807) is 36.4 Å². The molecular weight excluding hydrogens is 607 g/mol. The standard InChI is InChI=1S/C37H47BN4O6/c1-25(2)22-32(38-47-31-20-21-36(3,4)24-37(31,5)48-38)42-34(44)30(23-39-35(45)40-27-12-8-6-9-13-27)41-33(43)26-16-18-29(19-17-26)46-28-14-10-7-11-15-28/h6-19,25,30-32H,20-24H2,1-5H3,(H,41,43)(H,42,44)(H2,39,40,45)/t30-,31+,32-,37-/m0/s1. The number of carbonyl (C=O) groups excluding carboxylic acids is 3. The number of nitrogens with one attached hydrogen (secondary N) is 4. The summed E-state index contributed by atoms with van der Waals surface area (Å²) in [5.74, 6) is 0.0853. The van der Waals surface area contributed by atoms with Gasteiger partial charge < -0.3 is 35.3 Å². The zero-order valence-corrected chi connectivity index (χ0v) is 28.5. The van der Waals surface area contributed by atoms with E-state index in [0.29, 0.717) is 29.2 Å². The molecule has 3 aromatic rings. The average Bonchev–Trinajstić information content (AvgIpc) is 3.39. The maximum Gasteiger partial charge on any atom is 0.481 e. The summed E-state index contributed by atoms with van der Waals surface area (Å²) >= 11 is 0. The summed E-state index contributed by atoms with van der Waals surface area (Å²) in [6.07, 6.45) is 3.33. The highest BCUT2D eigenvalue weighted by Crippen LogP contribution is 2.48. The Labute approximate surface area is 283 Å². The second-order valence-electron chi connectivity index (χ2n) is 14.2. The number of fused-ring (bicyclic) bond motifs is 1. The van der Waals surface area contributed by atoms with Crippen molar-refractivity contribution in [2.24, 2.45) is 11.3 Å². The molecule has 3 aromatic carbocycles. The number of carbonyl (C=O) groups is 3. The number of hydrogen-bond donors (Lipinski definition) is 4. The van der Waals surface area contributed by atoms with E-state index < -0.39 is 42.5 Å². The van der Waals surface area contributed by atoms with Gasteiger partial charge in [0.05, 0.1) is 17.6 Å². The molecule has 0 radical (unpaired) electrons. The number of rotatable bonds is 12. The Morgan fingerprint density at radius 3 is 2.21 bits per heavy atom. The lowest BCUT2D eigenvalue weighted by atomic mass is 9.69. The van der Waals surface area contributed by atoms with Crippen LogP contribution in [0.3, 0.4) is 0 Å². The first-order valence-corrected chi connectivity index (χ1v) is 16.8. The molecule has 0 bridgehead atoms. The number of hydrogen-bond acceptors (Lipinski definition) is 6. The van der Waals surface area contributed by atoms with E-state index >= 15 is 0 Å². The molecule has 0 spiro atoms. The third-order valence-electron chi connectivity index (χ3n) is 8.87. The Hall–Kier alpha value is -4.35. The van der Waals surface area contributed by atoms with E-state index in [1.807, 2.05) is 48.5 Å². The minimum Gasteiger partial charge on any atom is -0.457 e. The molecule has 5 rings (SSSR count). The molecule has 11 heteroatoms. The van der Waals surface area contributed by atoms with E-state index in [0.717, 1.165) is 19.3 Å². The van der Waals surface area contributed by atoms with Gasteiger partial charge in [0.25, 0.3) is 5.91 Å². The molecule has 2 aliphatic rings. The van der Waals surface area contributed by atoms with E-state index in [4.69, 9.17) is 14.0 Å². The molecule has 254 valence electrons. The summed E-state index contributed by atoms with van der Waals surface area (Å²) in [5, 5.41) is 11.4. The molecule has 4 atom stereocenters. The van der Waals surface area contributed by atoms with Crippen molar-refractivity contribution in [2.45, 2.75) is 84.0 Å². The molecule has 4 amide bonds. The summed E-state index contributed by atoms with van der Waals surface area (Å²) in [5.41, 5.74) is 0.618. The molecule has 48 heavy (non-hydrogen) atoms. The molecule has 1 aliphatic carbocycles. The molecule has 1 saturated heterocycles. The lowest BCUT2D eigenvalue weighted by Gasteiger charge is -2.43. The second kappa shape index (κ2) is 15.3. The first-order chi connectivity index (χ1) is 22.9. The van der Waals surface area contributed by atoms with Gasteiger partial charge in [-0.1, -0.05) is 64.1 Å². The van der Waals surface area contributed by atoms with Gasteiger partial charge in [-0.2, -0.15) is 0 Å². The molecule has 1 saturated carbocycles. The topological polar surface area (TPSA) is 127 Å². The van der Waals surface area contributed by atoms with Crippen molar-refractivity contribution in [1.29, 1.82) is 0 Å². The average molecular weight is 655 g/mol. The highest BCUT2D eigenvalue weighted by Gasteiger charge is 2.55. The molecule has 1 heterocycles.